The van der Waals surface area contributed by atoms with E-state index in [9.17, 15) is 9.59 Å². The fraction of sp³-hybridized carbons (Fsp3) is 0.150. The predicted octanol–water partition coefficient (Wildman–Crippen LogP) is 4.48. The molecule has 2 aliphatic rings. The van der Waals surface area contributed by atoms with E-state index >= 15 is 0 Å². The van der Waals surface area contributed by atoms with Crippen LogP contribution in [0.1, 0.15) is 18.1 Å². The number of carbonyl (C=O) groups excluding carboxylic acids is 2. The van der Waals surface area contributed by atoms with Crippen LogP contribution in [0.5, 0.6) is 0 Å². The number of anilines is 1. The SMILES string of the molecule is CCN1C(=O)/C(=C2/C(=O)N(Cc3ccccc3Cl)c3ccccc32)SC1=S. The molecule has 4 nitrogen and oxygen atoms in total. The van der Waals surface area contributed by atoms with Crippen molar-refractivity contribution in [2.75, 3.05) is 11.4 Å². The molecule has 2 aliphatic heterocycles. The molecule has 4 rings (SSSR count). The van der Waals surface area contributed by atoms with Gasteiger partial charge in [-0.1, -0.05) is 72.0 Å². The summed E-state index contributed by atoms with van der Waals surface area (Å²) in [6, 6.07) is 14.9. The van der Waals surface area contributed by atoms with Crippen LogP contribution >= 0.6 is 35.6 Å². The topological polar surface area (TPSA) is 40.6 Å². The molecule has 2 heterocycles. The summed E-state index contributed by atoms with van der Waals surface area (Å²) in [6.45, 7) is 2.69. The molecule has 0 atom stereocenters. The first-order valence-electron chi connectivity index (χ1n) is 8.45. The maximum Gasteiger partial charge on any atom is 0.266 e. The molecule has 0 bridgehead atoms. The molecule has 1 fully saturated rings. The van der Waals surface area contributed by atoms with Crippen molar-refractivity contribution in [2.45, 2.75) is 13.5 Å². The van der Waals surface area contributed by atoms with Gasteiger partial charge in [-0.3, -0.25) is 14.5 Å². The number of hydrogen-bond acceptors (Lipinski definition) is 4. The largest absolute Gasteiger partial charge is 0.303 e. The number of thiocarbonyl (C=S) groups is 1. The van der Waals surface area contributed by atoms with Gasteiger partial charge in [0.2, 0.25) is 0 Å². The Balaban J connectivity index is 1.82. The number of rotatable bonds is 3. The third kappa shape index (κ3) is 2.98. The average Bonchev–Trinajstić information content (AvgIpc) is 3.10. The Morgan fingerprint density at radius 2 is 1.70 bits per heavy atom. The summed E-state index contributed by atoms with van der Waals surface area (Å²) in [5, 5.41) is 0.605. The van der Waals surface area contributed by atoms with Crippen molar-refractivity contribution in [2.24, 2.45) is 0 Å². The van der Waals surface area contributed by atoms with E-state index in [0.29, 0.717) is 32.9 Å². The normalized spacial score (nSPS) is 19.3. The highest BCUT2D eigenvalue weighted by Gasteiger charge is 2.41. The summed E-state index contributed by atoms with van der Waals surface area (Å²) in [5.41, 5.74) is 2.81. The monoisotopic (exact) mass is 414 g/mol. The van der Waals surface area contributed by atoms with E-state index in [1.54, 1.807) is 11.0 Å². The Hall–Kier alpha value is -2.15. The van der Waals surface area contributed by atoms with Gasteiger partial charge < -0.3 is 4.90 Å². The smallest absolute Gasteiger partial charge is 0.266 e. The van der Waals surface area contributed by atoms with E-state index in [2.05, 4.69) is 0 Å². The molecule has 2 amide bonds. The minimum absolute atomic E-state index is 0.201. The Labute approximate surface area is 171 Å². The van der Waals surface area contributed by atoms with Crippen LogP contribution in [-0.2, 0) is 16.1 Å². The third-order valence-electron chi connectivity index (χ3n) is 4.60. The number of halogens is 1. The Morgan fingerprint density at radius 3 is 2.41 bits per heavy atom. The van der Waals surface area contributed by atoms with Crippen LogP contribution in [0.25, 0.3) is 5.57 Å². The maximum absolute atomic E-state index is 13.3. The van der Waals surface area contributed by atoms with E-state index in [0.717, 1.165) is 16.8 Å². The summed E-state index contributed by atoms with van der Waals surface area (Å²) in [7, 11) is 0. The van der Waals surface area contributed by atoms with Crippen molar-refractivity contribution < 1.29 is 9.59 Å². The molecule has 7 heteroatoms. The second kappa shape index (κ2) is 7.11. The van der Waals surface area contributed by atoms with Gasteiger partial charge in [-0.2, -0.15) is 0 Å². The van der Waals surface area contributed by atoms with Crippen LogP contribution in [0, 0.1) is 0 Å². The highest BCUT2D eigenvalue weighted by atomic mass is 35.5. The molecule has 0 aromatic heterocycles. The van der Waals surface area contributed by atoms with Crippen molar-refractivity contribution in [3.05, 3.63) is 69.6 Å². The first kappa shape index (κ1) is 18.2. The van der Waals surface area contributed by atoms with Crippen LogP contribution in [0.2, 0.25) is 5.02 Å². The van der Waals surface area contributed by atoms with E-state index in [1.807, 2.05) is 49.4 Å². The lowest BCUT2D eigenvalue weighted by Crippen LogP contribution is -2.29. The van der Waals surface area contributed by atoms with Gasteiger partial charge in [-0.25, -0.2) is 0 Å². The molecule has 0 spiro atoms. The summed E-state index contributed by atoms with van der Waals surface area (Å²) >= 11 is 12.8. The number of hydrogen-bond donors (Lipinski definition) is 0. The molecule has 2 aromatic carbocycles. The molecule has 2 aromatic rings. The summed E-state index contributed by atoms with van der Waals surface area (Å²) < 4.78 is 0.486. The lowest BCUT2D eigenvalue weighted by atomic mass is 10.1. The zero-order valence-corrected chi connectivity index (χ0v) is 16.8. The van der Waals surface area contributed by atoms with Gasteiger partial charge >= 0.3 is 0 Å². The van der Waals surface area contributed by atoms with Crippen LogP contribution in [0.15, 0.2) is 53.4 Å². The number of amides is 2. The van der Waals surface area contributed by atoms with E-state index in [-0.39, 0.29) is 11.8 Å². The second-order valence-corrected chi connectivity index (χ2v) is 8.17. The molecule has 27 heavy (non-hydrogen) atoms. The molecule has 0 unspecified atom stereocenters. The van der Waals surface area contributed by atoms with Gasteiger partial charge in [-0.15, -0.1) is 0 Å². The fourth-order valence-corrected chi connectivity index (χ4v) is 4.93. The molecule has 0 radical (unpaired) electrons. The van der Waals surface area contributed by atoms with Gasteiger partial charge in [0.25, 0.3) is 11.8 Å². The van der Waals surface area contributed by atoms with Crippen molar-refractivity contribution in [3.63, 3.8) is 0 Å². The molecule has 0 saturated carbocycles. The van der Waals surface area contributed by atoms with E-state index in [4.69, 9.17) is 23.8 Å². The van der Waals surface area contributed by atoms with Crippen LogP contribution in [0.3, 0.4) is 0 Å². The molecule has 136 valence electrons. The van der Waals surface area contributed by atoms with Crippen molar-refractivity contribution >= 4 is 63.0 Å². The van der Waals surface area contributed by atoms with Crippen LogP contribution < -0.4 is 4.90 Å². The maximum atomic E-state index is 13.3. The highest BCUT2D eigenvalue weighted by Crippen LogP contribution is 2.45. The van der Waals surface area contributed by atoms with Gasteiger partial charge in [-0.05, 0) is 24.6 Å². The first-order chi connectivity index (χ1) is 13.0. The Kier molecular flexibility index (Phi) is 4.80. The van der Waals surface area contributed by atoms with E-state index < -0.39 is 0 Å². The lowest BCUT2D eigenvalue weighted by Gasteiger charge is -2.18. The van der Waals surface area contributed by atoms with Crippen molar-refractivity contribution in [1.82, 2.24) is 4.90 Å². The van der Waals surface area contributed by atoms with Crippen molar-refractivity contribution in [3.8, 4) is 0 Å². The minimum Gasteiger partial charge on any atom is -0.303 e. The quantitative estimate of drug-likeness (QED) is 0.548. The minimum atomic E-state index is -0.203. The first-order valence-corrected chi connectivity index (χ1v) is 10.1. The number of carbonyl (C=O) groups is 2. The molecular formula is C20H15ClN2O2S2. The number of benzene rings is 2. The average molecular weight is 415 g/mol. The van der Waals surface area contributed by atoms with Crippen molar-refractivity contribution in [1.29, 1.82) is 0 Å². The third-order valence-corrected chi connectivity index (χ3v) is 6.42. The second-order valence-electron chi connectivity index (χ2n) is 6.12. The number of fused-ring (bicyclic) bond motifs is 1. The standard InChI is InChI=1S/C20H15ClN2O2S2/c1-2-22-19(25)17(27-20(22)26)16-13-8-4-6-10-15(13)23(18(16)24)11-12-7-3-5-9-14(12)21/h3-10H,2,11H2,1H3/b17-16-. The Morgan fingerprint density at radius 1 is 1.00 bits per heavy atom. The Bertz CT molecular complexity index is 1020. The lowest BCUT2D eigenvalue weighted by molar-refractivity contribution is -0.122. The predicted molar refractivity (Wildman–Crippen MR) is 114 cm³/mol. The molecule has 0 aliphatic carbocycles. The molecule has 0 N–H and O–H groups in total. The summed E-state index contributed by atoms with van der Waals surface area (Å²) in [4.78, 5) is 29.7. The number of nitrogens with zero attached hydrogens (tertiary/aromatic N) is 2. The number of para-hydroxylation sites is 1. The molecule has 1 saturated heterocycles. The zero-order chi connectivity index (χ0) is 19.1. The number of likely N-dealkylation sites (N-methyl/N-ethyl adjacent to an activating group) is 1. The van der Waals surface area contributed by atoms with Gasteiger partial charge in [0.05, 0.1) is 22.7 Å². The van der Waals surface area contributed by atoms with Crippen LogP contribution in [-0.4, -0.2) is 27.6 Å². The molecular weight excluding hydrogens is 400 g/mol. The summed E-state index contributed by atoms with van der Waals surface area (Å²) in [5.74, 6) is -0.405. The van der Waals surface area contributed by atoms with Crippen LogP contribution in [0.4, 0.5) is 5.69 Å². The fourth-order valence-electron chi connectivity index (χ4n) is 3.28. The van der Waals surface area contributed by atoms with E-state index in [1.165, 1.54) is 16.7 Å². The van der Waals surface area contributed by atoms with Gasteiger partial charge in [0, 0.05) is 17.1 Å². The summed E-state index contributed by atoms with van der Waals surface area (Å²) in [6.07, 6.45) is 0. The number of thioether (sulfide) groups is 1. The van der Waals surface area contributed by atoms with Gasteiger partial charge in [0.15, 0.2) is 0 Å². The highest BCUT2D eigenvalue weighted by molar-refractivity contribution is 8.26. The zero-order valence-electron chi connectivity index (χ0n) is 14.4. The van der Waals surface area contributed by atoms with Gasteiger partial charge in [0.1, 0.15) is 4.32 Å².